The zero-order chi connectivity index (χ0) is 14.3. The first kappa shape index (κ1) is 12.9. The summed E-state index contributed by atoms with van der Waals surface area (Å²) in [5, 5.41) is 4.18. The number of aromatic nitrogens is 1. The summed E-state index contributed by atoms with van der Waals surface area (Å²) in [6.45, 7) is 3.63. The molecule has 3 heterocycles. The van der Waals surface area contributed by atoms with Gasteiger partial charge in [-0.2, -0.15) is 0 Å². The third-order valence-electron chi connectivity index (χ3n) is 4.58. The third-order valence-corrected chi connectivity index (χ3v) is 4.58. The third kappa shape index (κ3) is 2.32. The van der Waals surface area contributed by atoms with Gasteiger partial charge >= 0.3 is 0 Å². The number of nitrogens with zero attached hydrogens (tertiary/aromatic N) is 1. The summed E-state index contributed by atoms with van der Waals surface area (Å²) in [4.78, 5) is 17.0. The summed E-state index contributed by atoms with van der Waals surface area (Å²) in [5.74, 6) is -0.00442. The number of hydrogen-bond acceptors (Lipinski definition) is 3. The first-order chi connectivity index (χ1) is 10.2. The number of carbonyl (C=O) groups excluding carboxylic acids is 1. The molecule has 1 unspecified atom stereocenters. The van der Waals surface area contributed by atoms with E-state index in [0.717, 1.165) is 26.1 Å². The number of fused-ring (bicyclic) bond motifs is 1. The Morgan fingerprint density at radius 3 is 3.14 bits per heavy atom. The summed E-state index contributed by atoms with van der Waals surface area (Å²) in [6, 6.07) is 8.51. The minimum atomic E-state index is -0.183. The molecule has 2 saturated heterocycles. The molecule has 5 heteroatoms. The van der Waals surface area contributed by atoms with Gasteiger partial charge in [-0.05, 0) is 23.4 Å². The maximum Gasteiger partial charge on any atom is 0.246 e. The van der Waals surface area contributed by atoms with Crippen LogP contribution in [-0.2, 0) is 16.1 Å². The number of rotatable bonds is 2. The van der Waals surface area contributed by atoms with E-state index in [-0.39, 0.29) is 18.1 Å². The Bertz CT molecular complexity index is 669. The summed E-state index contributed by atoms with van der Waals surface area (Å²) in [5.41, 5.74) is 2.35. The quantitative estimate of drug-likeness (QED) is 0.873. The molecule has 2 aliphatic rings. The largest absolute Gasteiger partial charge is 0.362 e. The van der Waals surface area contributed by atoms with Gasteiger partial charge < -0.3 is 15.0 Å². The zero-order valence-electron chi connectivity index (χ0n) is 11.9. The smallest absolute Gasteiger partial charge is 0.246 e. The molecule has 2 fully saturated rings. The molecule has 2 N–H and O–H groups in total. The summed E-state index contributed by atoms with van der Waals surface area (Å²) < 4.78 is 5.82. The Morgan fingerprint density at radius 1 is 1.33 bits per heavy atom. The summed E-state index contributed by atoms with van der Waals surface area (Å²) in [7, 11) is 0. The maximum absolute atomic E-state index is 11.2. The van der Waals surface area contributed by atoms with Crippen LogP contribution in [0.3, 0.4) is 0 Å². The van der Waals surface area contributed by atoms with Crippen LogP contribution in [0.5, 0.6) is 0 Å². The molecule has 0 aliphatic carbocycles. The van der Waals surface area contributed by atoms with Crippen LogP contribution in [0, 0.1) is 0 Å². The predicted molar refractivity (Wildman–Crippen MR) is 79.9 cm³/mol. The minimum Gasteiger partial charge on any atom is -0.362 e. The molecular formula is C16H19N3O2. The minimum absolute atomic E-state index is 0.00442. The van der Waals surface area contributed by atoms with E-state index in [1.165, 1.54) is 16.5 Å². The lowest BCUT2D eigenvalue weighted by Crippen LogP contribution is -2.53. The molecule has 5 nitrogen and oxygen atoms in total. The second-order valence-corrected chi connectivity index (χ2v) is 6.07. The van der Waals surface area contributed by atoms with E-state index in [9.17, 15) is 4.79 Å². The van der Waals surface area contributed by atoms with Crippen LogP contribution >= 0.6 is 0 Å². The second-order valence-electron chi connectivity index (χ2n) is 6.07. The lowest BCUT2D eigenvalue weighted by Gasteiger charge is -2.33. The van der Waals surface area contributed by atoms with Crippen LogP contribution < -0.4 is 5.32 Å². The van der Waals surface area contributed by atoms with Crippen molar-refractivity contribution < 1.29 is 9.53 Å². The molecule has 0 bridgehead atoms. The first-order valence-electron chi connectivity index (χ1n) is 7.42. The fourth-order valence-electron chi connectivity index (χ4n) is 3.43. The van der Waals surface area contributed by atoms with Gasteiger partial charge in [0.2, 0.25) is 5.91 Å². The number of para-hydroxylation sites is 1. The van der Waals surface area contributed by atoms with Crippen LogP contribution in [0.4, 0.5) is 0 Å². The van der Waals surface area contributed by atoms with E-state index in [1.54, 1.807) is 0 Å². The molecule has 1 amide bonds. The molecule has 0 saturated carbocycles. The van der Waals surface area contributed by atoms with Gasteiger partial charge in [-0.25, -0.2) is 0 Å². The maximum atomic E-state index is 11.2. The number of hydrogen-bond donors (Lipinski definition) is 2. The number of H-pyrrole nitrogens is 1. The van der Waals surface area contributed by atoms with Crippen molar-refractivity contribution in [2.24, 2.45) is 0 Å². The van der Waals surface area contributed by atoms with Crippen molar-refractivity contribution in [2.75, 3.05) is 26.2 Å². The number of benzene rings is 1. The van der Waals surface area contributed by atoms with Crippen LogP contribution in [0.25, 0.3) is 10.9 Å². The number of nitrogens with one attached hydrogen (secondary N) is 2. The lowest BCUT2D eigenvalue weighted by molar-refractivity contribution is -0.142. The van der Waals surface area contributed by atoms with Crippen molar-refractivity contribution in [1.29, 1.82) is 0 Å². The standard InChI is InChI=1S/C16H19N3O2/c20-14-9-21-16(10-18-14)5-7-19(11-16)8-13-3-1-2-12-4-6-17-15(12)13/h1-4,6,17H,5,7-11H2,(H,18,20). The van der Waals surface area contributed by atoms with Gasteiger partial charge in [-0.15, -0.1) is 0 Å². The van der Waals surface area contributed by atoms with Gasteiger partial charge in [0.05, 0.1) is 5.60 Å². The zero-order valence-corrected chi connectivity index (χ0v) is 11.9. The lowest BCUT2D eigenvalue weighted by atomic mass is 10.0. The van der Waals surface area contributed by atoms with Crippen LogP contribution in [0.1, 0.15) is 12.0 Å². The van der Waals surface area contributed by atoms with Crippen molar-refractivity contribution in [1.82, 2.24) is 15.2 Å². The monoisotopic (exact) mass is 285 g/mol. The molecule has 4 rings (SSSR count). The number of likely N-dealkylation sites (tertiary alicyclic amines) is 1. The second kappa shape index (κ2) is 4.86. The molecule has 0 radical (unpaired) electrons. The molecule has 2 aromatic rings. The summed E-state index contributed by atoms with van der Waals surface area (Å²) >= 11 is 0. The molecule has 110 valence electrons. The van der Waals surface area contributed by atoms with Crippen molar-refractivity contribution in [2.45, 2.75) is 18.6 Å². The van der Waals surface area contributed by atoms with E-state index in [4.69, 9.17) is 4.74 Å². The number of morpholine rings is 1. The fourth-order valence-corrected chi connectivity index (χ4v) is 3.43. The normalized spacial score (nSPS) is 26.6. The van der Waals surface area contributed by atoms with Gasteiger partial charge in [-0.1, -0.05) is 18.2 Å². The molecule has 1 atom stereocenters. The number of ether oxygens (including phenoxy) is 1. The van der Waals surface area contributed by atoms with E-state index in [2.05, 4.69) is 39.5 Å². The fraction of sp³-hybridized carbons (Fsp3) is 0.438. The Morgan fingerprint density at radius 2 is 2.29 bits per heavy atom. The predicted octanol–water partition coefficient (Wildman–Crippen LogP) is 1.26. The molecule has 21 heavy (non-hydrogen) atoms. The molecular weight excluding hydrogens is 266 g/mol. The molecule has 1 aromatic carbocycles. The Balaban J connectivity index is 1.49. The van der Waals surface area contributed by atoms with Crippen molar-refractivity contribution >= 4 is 16.8 Å². The topological polar surface area (TPSA) is 57.4 Å². The average molecular weight is 285 g/mol. The highest BCUT2D eigenvalue weighted by molar-refractivity contribution is 5.82. The Kier molecular flexibility index (Phi) is 2.97. The summed E-state index contributed by atoms with van der Waals surface area (Å²) in [6.07, 6.45) is 2.97. The average Bonchev–Trinajstić information content (AvgIpc) is 3.11. The van der Waals surface area contributed by atoms with Gasteiger partial charge in [0.1, 0.15) is 6.61 Å². The van der Waals surface area contributed by atoms with E-state index in [0.29, 0.717) is 6.54 Å². The van der Waals surface area contributed by atoms with Gasteiger partial charge in [-0.3, -0.25) is 9.69 Å². The van der Waals surface area contributed by atoms with Crippen molar-refractivity contribution in [3.05, 3.63) is 36.0 Å². The molecule has 1 aromatic heterocycles. The number of aromatic amines is 1. The Labute approximate surface area is 123 Å². The van der Waals surface area contributed by atoms with E-state index >= 15 is 0 Å². The highest BCUT2D eigenvalue weighted by atomic mass is 16.5. The van der Waals surface area contributed by atoms with Gasteiger partial charge in [0, 0.05) is 37.9 Å². The molecule has 1 spiro atoms. The van der Waals surface area contributed by atoms with E-state index in [1.807, 2.05) is 6.20 Å². The molecule has 2 aliphatic heterocycles. The SMILES string of the molecule is O=C1COC2(CCN(Cc3cccc4cc[nH]c34)C2)CN1. The Hall–Kier alpha value is -1.85. The van der Waals surface area contributed by atoms with Crippen LogP contribution in [0.2, 0.25) is 0 Å². The van der Waals surface area contributed by atoms with Crippen molar-refractivity contribution in [3.63, 3.8) is 0 Å². The number of amides is 1. The highest BCUT2D eigenvalue weighted by Crippen LogP contribution is 2.29. The van der Waals surface area contributed by atoms with Gasteiger partial charge in [0.15, 0.2) is 0 Å². The van der Waals surface area contributed by atoms with Crippen LogP contribution in [0.15, 0.2) is 30.5 Å². The first-order valence-corrected chi connectivity index (χ1v) is 7.42. The number of carbonyl (C=O) groups is 1. The van der Waals surface area contributed by atoms with E-state index < -0.39 is 0 Å². The van der Waals surface area contributed by atoms with Crippen LogP contribution in [-0.4, -0.2) is 47.6 Å². The highest BCUT2D eigenvalue weighted by Gasteiger charge is 2.42. The van der Waals surface area contributed by atoms with Crippen molar-refractivity contribution in [3.8, 4) is 0 Å². The van der Waals surface area contributed by atoms with Gasteiger partial charge in [0.25, 0.3) is 0 Å².